The van der Waals surface area contributed by atoms with Crippen LogP contribution in [0.2, 0.25) is 0 Å². The first-order valence-electron chi connectivity index (χ1n) is 38.2. The molecule has 10 nitrogen and oxygen atoms in total. The Balaban J connectivity index is 0.000000152. The zero-order valence-corrected chi connectivity index (χ0v) is 62.7. The van der Waals surface area contributed by atoms with E-state index in [-0.39, 0.29) is 0 Å². The van der Waals surface area contributed by atoms with Crippen LogP contribution in [0.5, 0.6) is 0 Å². The molecule has 534 valence electrons. The van der Waals surface area contributed by atoms with E-state index in [0.717, 1.165) is 206 Å². The molecular weight excluding hydrogens is 1380 g/mol. The molecule has 0 radical (unpaired) electrons. The first-order valence-corrected chi connectivity index (χ1v) is 38.2. The Kier molecular flexibility index (Phi) is 18.1. The van der Waals surface area contributed by atoms with Gasteiger partial charge in [0, 0.05) is 101 Å². The summed E-state index contributed by atoms with van der Waals surface area (Å²) in [5, 5.41) is 6.71. The summed E-state index contributed by atoms with van der Waals surface area (Å²) >= 11 is 0. The second kappa shape index (κ2) is 29.7. The third kappa shape index (κ3) is 13.8. The summed E-state index contributed by atoms with van der Waals surface area (Å²) in [6.07, 6.45) is 4.64. The summed E-state index contributed by atoms with van der Waals surface area (Å²) < 4.78 is 0. The van der Waals surface area contributed by atoms with E-state index in [9.17, 15) is 0 Å². The van der Waals surface area contributed by atoms with Crippen molar-refractivity contribution < 1.29 is 0 Å². The number of hydrogen-bond donors (Lipinski definition) is 0. The molecule has 0 atom stereocenters. The van der Waals surface area contributed by atoms with Crippen molar-refractivity contribution in [3.8, 4) is 135 Å². The number of aromatic nitrogens is 10. The van der Waals surface area contributed by atoms with Gasteiger partial charge in [-0.25, -0.2) is 29.9 Å². The highest BCUT2D eigenvalue weighted by atomic mass is 14.9. The quantitative estimate of drug-likeness (QED) is 0.103. The van der Waals surface area contributed by atoms with Crippen LogP contribution < -0.4 is 0 Å². The van der Waals surface area contributed by atoms with Gasteiger partial charge in [-0.1, -0.05) is 262 Å². The highest BCUT2D eigenvalue weighted by molar-refractivity contribution is 6.06. The Morgan fingerprint density at radius 1 is 0.221 bits per heavy atom. The first kappa shape index (κ1) is 68.8. The predicted molar refractivity (Wildman–Crippen MR) is 465 cm³/mol. The molecule has 0 amide bonds. The molecule has 8 heterocycles. The summed E-state index contributed by atoms with van der Waals surface area (Å²) in [5.41, 5.74) is 32.6. The fourth-order valence-electron chi connectivity index (χ4n) is 15.5. The van der Waals surface area contributed by atoms with Gasteiger partial charge in [-0.05, 0) is 168 Å². The van der Waals surface area contributed by atoms with Crippen LogP contribution in [0.1, 0.15) is 29.4 Å². The van der Waals surface area contributed by atoms with E-state index < -0.39 is 0 Å². The van der Waals surface area contributed by atoms with Crippen LogP contribution in [-0.2, 0) is 6.42 Å². The van der Waals surface area contributed by atoms with Crippen molar-refractivity contribution >= 4 is 65.4 Å². The number of pyridine rings is 6. The zero-order valence-electron chi connectivity index (χ0n) is 62.7. The minimum absolute atomic E-state index is 0.673. The molecule has 113 heavy (non-hydrogen) atoms. The number of para-hydroxylation sites is 2. The molecule has 0 saturated carbocycles. The van der Waals surface area contributed by atoms with Gasteiger partial charge < -0.3 is 0 Å². The van der Waals surface area contributed by atoms with Gasteiger partial charge in [0.2, 0.25) is 0 Å². The Hall–Kier alpha value is -14.7. The minimum Gasteiger partial charge on any atom is -0.256 e. The van der Waals surface area contributed by atoms with Gasteiger partial charge in [0.25, 0.3) is 0 Å². The summed E-state index contributed by atoms with van der Waals surface area (Å²) in [6, 6.07) is 118. The van der Waals surface area contributed by atoms with Crippen molar-refractivity contribution in [1.29, 1.82) is 0 Å². The molecule has 0 aliphatic carbocycles. The van der Waals surface area contributed by atoms with Crippen LogP contribution in [0.25, 0.3) is 200 Å². The average molecular weight is 1450 g/mol. The van der Waals surface area contributed by atoms with Crippen molar-refractivity contribution in [2.75, 3.05) is 0 Å². The molecule has 0 spiro atoms. The van der Waals surface area contributed by atoms with Crippen LogP contribution >= 0.6 is 0 Å². The Bertz CT molecular complexity index is 7060. The van der Waals surface area contributed by atoms with Crippen LogP contribution in [0.4, 0.5) is 0 Å². The number of hydrogen-bond acceptors (Lipinski definition) is 10. The van der Waals surface area contributed by atoms with Gasteiger partial charge in [0.05, 0.1) is 67.3 Å². The fraction of sp³-hybridized carbons (Fsp3) is 0.0485. The molecule has 20 rings (SSSR count). The molecule has 20 aromatic rings. The van der Waals surface area contributed by atoms with Gasteiger partial charge in [-0.15, -0.1) is 0 Å². The standard InChI is InChI=1S/C52H37N5.C51H35N5/c1-3-42-29-33(2)43-25-23-37-24-26-46(55-50(37)51(43)54-42)36-21-19-34(20-22-36)38-13-9-16-41(30-38)52-56-48(35-11-5-4-6-12-35)32-49(57-52)40-15-10-14-39(31-40)44-27-28-53-47-18-8-7-17-45(44)47;1-32-28-33(2)53-50-42(32)24-22-36-23-25-45(54-49(36)50)35-20-18-34(19-21-35)38-12-8-14-40(29-38)47-31-48(56-51(55-47)37-10-4-3-5-11-37)41-15-9-13-39(30-41)43-26-27-52-46-17-7-6-16-44(43)46/h4-32H,3H2,1-2H3;3-31H,1-2H3. The van der Waals surface area contributed by atoms with E-state index in [1.54, 1.807) is 0 Å². The number of benzene rings is 12. The summed E-state index contributed by atoms with van der Waals surface area (Å²) in [6.45, 7) is 8.48. The van der Waals surface area contributed by atoms with E-state index in [1.807, 2.05) is 67.8 Å². The Morgan fingerprint density at radius 3 is 1.10 bits per heavy atom. The van der Waals surface area contributed by atoms with Gasteiger partial charge in [0.15, 0.2) is 11.6 Å². The molecule has 0 bridgehead atoms. The number of nitrogens with zero attached hydrogens (tertiary/aromatic N) is 10. The monoisotopic (exact) mass is 1450 g/mol. The molecule has 0 fully saturated rings. The van der Waals surface area contributed by atoms with Gasteiger partial charge in [-0.2, -0.15) is 0 Å². The molecule has 0 aliphatic rings. The van der Waals surface area contributed by atoms with E-state index in [1.165, 1.54) is 11.1 Å². The summed E-state index contributed by atoms with van der Waals surface area (Å²) in [4.78, 5) is 50.0. The first-order chi connectivity index (χ1) is 55.6. The summed E-state index contributed by atoms with van der Waals surface area (Å²) in [7, 11) is 0. The fourth-order valence-corrected chi connectivity index (χ4v) is 15.5. The molecule has 0 N–H and O–H groups in total. The lowest BCUT2D eigenvalue weighted by molar-refractivity contribution is 1.05. The maximum atomic E-state index is 5.21. The lowest BCUT2D eigenvalue weighted by atomic mass is 9.97. The number of rotatable bonds is 13. The van der Waals surface area contributed by atoms with Crippen LogP contribution in [0, 0.1) is 20.8 Å². The molecule has 12 aromatic carbocycles. The SMILES string of the molecule is CCc1cc(C)c2ccc3ccc(-c4ccc(-c5cccc(-c6nc(-c7ccccc7)cc(-c7cccc(-c8ccnc9ccccc89)c7)n6)c5)cc4)nc3c2n1.Cc1cc(C)c2ccc3ccc(-c4ccc(-c5cccc(-c6cc(-c7cccc(-c8ccnc9ccccc89)c7)nc(-c7ccccc7)n6)c5)cc4)nc3c2n1. The molecule has 10 heteroatoms. The van der Waals surface area contributed by atoms with E-state index in [2.05, 4.69) is 322 Å². The highest BCUT2D eigenvalue weighted by Crippen LogP contribution is 2.39. The van der Waals surface area contributed by atoms with E-state index >= 15 is 0 Å². The molecule has 8 aromatic heterocycles. The Morgan fingerprint density at radius 2 is 0.593 bits per heavy atom. The maximum absolute atomic E-state index is 5.21. The van der Waals surface area contributed by atoms with Crippen molar-refractivity contribution in [1.82, 2.24) is 49.8 Å². The average Bonchev–Trinajstić information content (AvgIpc) is 0.772. The molecule has 0 unspecified atom stereocenters. The van der Waals surface area contributed by atoms with Crippen LogP contribution in [-0.4, -0.2) is 49.8 Å². The molecule has 0 saturated heterocycles. The second-order valence-electron chi connectivity index (χ2n) is 28.7. The zero-order chi connectivity index (χ0) is 75.9. The van der Waals surface area contributed by atoms with Gasteiger partial charge in [-0.3, -0.25) is 19.9 Å². The normalized spacial score (nSPS) is 11.4. The van der Waals surface area contributed by atoms with Gasteiger partial charge >= 0.3 is 0 Å². The van der Waals surface area contributed by atoms with Crippen molar-refractivity contribution in [3.05, 3.63) is 375 Å². The highest BCUT2D eigenvalue weighted by Gasteiger charge is 2.19. The predicted octanol–water partition coefficient (Wildman–Crippen LogP) is 25.7. The van der Waals surface area contributed by atoms with E-state index in [0.29, 0.717) is 11.6 Å². The van der Waals surface area contributed by atoms with E-state index in [4.69, 9.17) is 39.9 Å². The lowest BCUT2D eigenvalue weighted by Gasteiger charge is -2.12. The molecule has 0 aliphatic heterocycles. The lowest BCUT2D eigenvalue weighted by Crippen LogP contribution is -1.96. The summed E-state index contributed by atoms with van der Waals surface area (Å²) in [5.74, 6) is 1.36. The molecular formula is C103H72N10. The number of fused-ring (bicyclic) bond motifs is 8. The third-order valence-corrected chi connectivity index (χ3v) is 21.3. The van der Waals surface area contributed by atoms with Gasteiger partial charge in [0.1, 0.15) is 0 Å². The van der Waals surface area contributed by atoms with Crippen molar-refractivity contribution in [3.63, 3.8) is 0 Å². The largest absolute Gasteiger partial charge is 0.256 e. The van der Waals surface area contributed by atoms with Crippen molar-refractivity contribution in [2.45, 2.75) is 34.1 Å². The topological polar surface area (TPSA) is 129 Å². The maximum Gasteiger partial charge on any atom is 0.160 e. The minimum atomic E-state index is 0.673. The second-order valence-corrected chi connectivity index (χ2v) is 28.7. The smallest absolute Gasteiger partial charge is 0.160 e. The Labute approximate surface area is 654 Å². The third-order valence-electron chi connectivity index (χ3n) is 21.3. The van der Waals surface area contributed by atoms with Crippen LogP contribution in [0.15, 0.2) is 352 Å². The van der Waals surface area contributed by atoms with Crippen molar-refractivity contribution in [2.24, 2.45) is 0 Å². The van der Waals surface area contributed by atoms with Crippen LogP contribution in [0.3, 0.4) is 0 Å². The number of aryl methyl sites for hydroxylation is 4.